The molecule has 1 aliphatic carbocycles. The lowest BCUT2D eigenvalue weighted by Gasteiger charge is -2.29. The Kier molecular flexibility index (Phi) is 4.52. The molecule has 0 bridgehead atoms. The third-order valence-corrected chi connectivity index (χ3v) is 4.50. The minimum atomic E-state index is -0.302. The summed E-state index contributed by atoms with van der Waals surface area (Å²) in [6.07, 6.45) is 6.04. The van der Waals surface area contributed by atoms with Gasteiger partial charge in [0, 0.05) is 6.04 Å². The highest BCUT2D eigenvalue weighted by Gasteiger charge is 2.24. The fourth-order valence-electron chi connectivity index (χ4n) is 3.10. The molecule has 23 heavy (non-hydrogen) atoms. The lowest BCUT2D eigenvalue weighted by atomic mass is 9.86. The van der Waals surface area contributed by atoms with Gasteiger partial charge in [0.15, 0.2) is 11.5 Å². The van der Waals surface area contributed by atoms with E-state index in [9.17, 15) is 10.1 Å². The van der Waals surface area contributed by atoms with E-state index < -0.39 is 0 Å². The third-order valence-electron chi connectivity index (χ3n) is 4.50. The summed E-state index contributed by atoms with van der Waals surface area (Å²) in [6, 6.07) is 7.52. The van der Waals surface area contributed by atoms with Crippen molar-refractivity contribution < 1.29 is 14.3 Å². The summed E-state index contributed by atoms with van der Waals surface area (Å²) >= 11 is 0. The summed E-state index contributed by atoms with van der Waals surface area (Å²) in [5.74, 6) is 1.47. The minimum absolute atomic E-state index is 0.113. The number of nitrogens with one attached hydrogen (secondary N) is 1. The molecule has 5 nitrogen and oxygen atoms in total. The Morgan fingerprint density at radius 3 is 2.87 bits per heavy atom. The van der Waals surface area contributed by atoms with E-state index >= 15 is 0 Å². The predicted molar refractivity (Wildman–Crippen MR) is 85.7 cm³/mol. The fraction of sp³-hybridized carbons (Fsp3) is 0.444. The summed E-state index contributed by atoms with van der Waals surface area (Å²) in [7, 11) is 0. The molecule has 1 aromatic carbocycles. The second-order valence-corrected chi connectivity index (χ2v) is 6.12. The van der Waals surface area contributed by atoms with Crippen LogP contribution in [0.4, 0.5) is 0 Å². The van der Waals surface area contributed by atoms with Gasteiger partial charge >= 0.3 is 0 Å². The molecular formula is C18H20N2O3. The molecular weight excluding hydrogens is 292 g/mol. The number of fused-ring (bicyclic) bond motifs is 1. The Labute approximate surface area is 135 Å². The maximum Gasteiger partial charge on any atom is 0.262 e. The van der Waals surface area contributed by atoms with Crippen molar-refractivity contribution in [2.24, 2.45) is 5.92 Å². The molecule has 1 aliphatic heterocycles. The fourth-order valence-corrected chi connectivity index (χ4v) is 3.10. The van der Waals surface area contributed by atoms with E-state index in [4.69, 9.17) is 9.47 Å². The number of amides is 1. The van der Waals surface area contributed by atoms with Gasteiger partial charge in [-0.25, -0.2) is 0 Å². The van der Waals surface area contributed by atoms with Crippen LogP contribution in [0.3, 0.4) is 0 Å². The van der Waals surface area contributed by atoms with Gasteiger partial charge in [0.05, 0.1) is 0 Å². The van der Waals surface area contributed by atoms with Crippen LogP contribution < -0.4 is 14.8 Å². The largest absolute Gasteiger partial charge is 0.454 e. The van der Waals surface area contributed by atoms with Crippen LogP contribution in [0, 0.1) is 17.2 Å². The molecule has 0 radical (unpaired) electrons. The van der Waals surface area contributed by atoms with Crippen LogP contribution in [0.2, 0.25) is 0 Å². The van der Waals surface area contributed by atoms with Gasteiger partial charge in [-0.05, 0) is 42.5 Å². The zero-order valence-corrected chi connectivity index (χ0v) is 13.2. The molecule has 1 aromatic rings. The van der Waals surface area contributed by atoms with Crippen LogP contribution in [0.1, 0.15) is 38.2 Å². The van der Waals surface area contributed by atoms with Crippen LogP contribution in [-0.2, 0) is 4.79 Å². The van der Waals surface area contributed by atoms with Gasteiger partial charge in [0.1, 0.15) is 11.6 Å². The van der Waals surface area contributed by atoms with E-state index in [1.807, 2.05) is 6.07 Å². The molecule has 0 spiro atoms. The first-order chi connectivity index (χ1) is 11.2. The first-order valence-electron chi connectivity index (χ1n) is 7.99. The lowest BCUT2D eigenvalue weighted by molar-refractivity contribution is -0.118. The molecule has 1 amide bonds. The average molecular weight is 312 g/mol. The Balaban J connectivity index is 1.73. The lowest BCUT2D eigenvalue weighted by Crippen LogP contribution is -2.41. The van der Waals surface area contributed by atoms with Gasteiger partial charge in [0.2, 0.25) is 6.79 Å². The SMILES string of the molecule is C[C@H]1CCCC[C@H]1NC(=O)/C(C#N)=C/c1ccc2c(c1)OCO2. The minimum Gasteiger partial charge on any atom is -0.454 e. The number of hydrogen-bond acceptors (Lipinski definition) is 4. The van der Waals surface area contributed by atoms with Crippen molar-refractivity contribution in [2.45, 2.75) is 38.6 Å². The number of rotatable bonds is 3. The van der Waals surface area contributed by atoms with Crippen molar-refractivity contribution in [1.82, 2.24) is 5.32 Å². The topological polar surface area (TPSA) is 71.4 Å². The summed E-state index contributed by atoms with van der Waals surface area (Å²) < 4.78 is 10.6. The van der Waals surface area contributed by atoms with E-state index in [-0.39, 0.29) is 24.3 Å². The second kappa shape index (κ2) is 6.74. The Morgan fingerprint density at radius 1 is 1.30 bits per heavy atom. The van der Waals surface area contributed by atoms with Crippen LogP contribution in [0.15, 0.2) is 23.8 Å². The third kappa shape index (κ3) is 3.48. The molecule has 1 heterocycles. The number of ether oxygens (including phenoxy) is 2. The molecule has 2 atom stereocenters. The van der Waals surface area contributed by atoms with Gasteiger partial charge < -0.3 is 14.8 Å². The Morgan fingerprint density at radius 2 is 2.09 bits per heavy atom. The zero-order chi connectivity index (χ0) is 16.2. The van der Waals surface area contributed by atoms with Gasteiger partial charge in [-0.15, -0.1) is 0 Å². The van der Waals surface area contributed by atoms with Gasteiger partial charge in [-0.1, -0.05) is 25.8 Å². The quantitative estimate of drug-likeness (QED) is 0.688. The molecule has 1 saturated carbocycles. The van der Waals surface area contributed by atoms with E-state index in [1.165, 1.54) is 6.42 Å². The van der Waals surface area contributed by atoms with Crippen molar-refractivity contribution in [1.29, 1.82) is 5.26 Å². The van der Waals surface area contributed by atoms with Crippen molar-refractivity contribution in [3.8, 4) is 17.6 Å². The Hall–Kier alpha value is -2.48. The number of hydrogen-bond donors (Lipinski definition) is 1. The van der Waals surface area contributed by atoms with E-state index in [0.717, 1.165) is 24.8 Å². The van der Waals surface area contributed by atoms with Crippen molar-refractivity contribution in [2.75, 3.05) is 6.79 Å². The summed E-state index contributed by atoms with van der Waals surface area (Å²) in [5.41, 5.74) is 0.860. The van der Waals surface area contributed by atoms with E-state index in [1.54, 1.807) is 24.3 Å². The highest BCUT2D eigenvalue weighted by Crippen LogP contribution is 2.33. The van der Waals surface area contributed by atoms with Crippen LogP contribution >= 0.6 is 0 Å². The van der Waals surface area contributed by atoms with E-state index in [0.29, 0.717) is 17.4 Å². The normalized spacial score (nSPS) is 23.2. The van der Waals surface area contributed by atoms with Gasteiger partial charge in [-0.3, -0.25) is 4.79 Å². The van der Waals surface area contributed by atoms with Gasteiger partial charge in [0.25, 0.3) is 5.91 Å². The number of nitriles is 1. The standard InChI is InChI=1S/C18H20N2O3/c1-12-4-2-3-5-15(12)20-18(21)14(10-19)8-13-6-7-16-17(9-13)23-11-22-16/h6-9,12,15H,2-5,11H2,1H3,(H,20,21)/b14-8+/t12-,15+/m0/s1. The molecule has 5 heteroatoms. The van der Waals surface area contributed by atoms with Crippen molar-refractivity contribution in [3.63, 3.8) is 0 Å². The van der Waals surface area contributed by atoms with Crippen LogP contribution in [0.25, 0.3) is 6.08 Å². The maximum atomic E-state index is 12.4. The zero-order valence-electron chi connectivity index (χ0n) is 13.2. The van der Waals surface area contributed by atoms with Crippen molar-refractivity contribution in [3.05, 3.63) is 29.3 Å². The second-order valence-electron chi connectivity index (χ2n) is 6.12. The molecule has 0 saturated heterocycles. The molecule has 0 unspecified atom stereocenters. The highest BCUT2D eigenvalue weighted by molar-refractivity contribution is 6.01. The summed E-state index contributed by atoms with van der Waals surface area (Å²) in [4.78, 5) is 12.4. The highest BCUT2D eigenvalue weighted by atomic mass is 16.7. The first kappa shape index (κ1) is 15.4. The molecule has 2 aliphatic rings. The number of benzene rings is 1. The summed E-state index contributed by atoms with van der Waals surface area (Å²) in [5, 5.41) is 12.3. The number of carbonyl (C=O) groups is 1. The van der Waals surface area contributed by atoms with Crippen LogP contribution in [0.5, 0.6) is 11.5 Å². The van der Waals surface area contributed by atoms with E-state index in [2.05, 4.69) is 12.2 Å². The number of carbonyl (C=O) groups excluding carboxylic acids is 1. The first-order valence-corrected chi connectivity index (χ1v) is 7.99. The smallest absolute Gasteiger partial charge is 0.262 e. The monoisotopic (exact) mass is 312 g/mol. The number of nitrogens with zero attached hydrogens (tertiary/aromatic N) is 1. The molecule has 1 fully saturated rings. The Bertz CT molecular complexity index is 675. The molecule has 120 valence electrons. The molecule has 0 aromatic heterocycles. The summed E-state index contributed by atoms with van der Waals surface area (Å²) in [6.45, 7) is 2.35. The molecule has 3 rings (SSSR count). The predicted octanol–water partition coefficient (Wildman–Crippen LogP) is 3.02. The average Bonchev–Trinajstić information content (AvgIpc) is 3.02. The molecule has 1 N–H and O–H groups in total. The van der Waals surface area contributed by atoms with Crippen molar-refractivity contribution >= 4 is 12.0 Å². The van der Waals surface area contributed by atoms with Crippen LogP contribution in [-0.4, -0.2) is 18.7 Å². The van der Waals surface area contributed by atoms with Gasteiger partial charge in [-0.2, -0.15) is 5.26 Å². The maximum absolute atomic E-state index is 12.4.